The van der Waals surface area contributed by atoms with Crippen molar-refractivity contribution in [3.05, 3.63) is 30.2 Å². The Kier molecular flexibility index (Phi) is 7.08. The molecule has 0 saturated heterocycles. The van der Waals surface area contributed by atoms with Crippen LogP contribution < -0.4 is 10.6 Å². The summed E-state index contributed by atoms with van der Waals surface area (Å²) in [5.74, 6) is 0.922. The van der Waals surface area contributed by atoms with Gasteiger partial charge in [-0.25, -0.2) is 0 Å². The highest BCUT2D eigenvalue weighted by Crippen LogP contribution is 2.21. The van der Waals surface area contributed by atoms with E-state index in [9.17, 15) is 9.59 Å². The van der Waals surface area contributed by atoms with Crippen LogP contribution in [0.25, 0.3) is 6.08 Å². The van der Waals surface area contributed by atoms with E-state index in [1.807, 2.05) is 0 Å². The van der Waals surface area contributed by atoms with Crippen molar-refractivity contribution in [2.75, 3.05) is 18.8 Å². The average Bonchev–Trinajstić information content (AvgIpc) is 2.91. The van der Waals surface area contributed by atoms with Crippen LogP contribution in [0.2, 0.25) is 0 Å². The molecule has 0 aliphatic heterocycles. The SMILES string of the molecule is CC(C)(C)SCCNC(=O)CNC(=O)/C=C/c1ccco1. The molecule has 0 aromatic carbocycles. The molecule has 116 valence electrons. The van der Waals surface area contributed by atoms with Gasteiger partial charge in [-0.1, -0.05) is 20.8 Å². The quantitative estimate of drug-likeness (QED) is 0.597. The summed E-state index contributed by atoms with van der Waals surface area (Å²) in [7, 11) is 0. The maximum atomic E-state index is 11.5. The van der Waals surface area contributed by atoms with Gasteiger partial charge >= 0.3 is 0 Å². The standard InChI is InChI=1S/C15H22N2O3S/c1-15(2,3)21-10-8-16-14(19)11-17-13(18)7-6-12-5-4-9-20-12/h4-7,9H,8,10-11H2,1-3H3,(H,16,19)(H,17,18)/b7-6+. The molecule has 0 saturated carbocycles. The Morgan fingerprint density at radius 2 is 2.10 bits per heavy atom. The number of amides is 2. The highest BCUT2D eigenvalue weighted by Gasteiger charge is 2.10. The summed E-state index contributed by atoms with van der Waals surface area (Å²) < 4.78 is 5.24. The average molecular weight is 310 g/mol. The van der Waals surface area contributed by atoms with Gasteiger partial charge in [-0.15, -0.1) is 0 Å². The van der Waals surface area contributed by atoms with Gasteiger partial charge in [-0.2, -0.15) is 11.8 Å². The molecular weight excluding hydrogens is 288 g/mol. The summed E-state index contributed by atoms with van der Waals surface area (Å²) >= 11 is 1.78. The Hall–Kier alpha value is -1.69. The van der Waals surface area contributed by atoms with Gasteiger partial charge in [0.15, 0.2) is 0 Å². The highest BCUT2D eigenvalue weighted by molar-refractivity contribution is 8.00. The van der Waals surface area contributed by atoms with Crippen LogP contribution in [0, 0.1) is 0 Å². The van der Waals surface area contributed by atoms with Gasteiger partial charge in [0.1, 0.15) is 5.76 Å². The summed E-state index contributed by atoms with van der Waals surface area (Å²) in [6.07, 6.45) is 4.41. The lowest BCUT2D eigenvalue weighted by Crippen LogP contribution is -2.37. The number of furan rings is 1. The number of thioether (sulfide) groups is 1. The summed E-state index contributed by atoms with van der Waals surface area (Å²) in [5, 5.41) is 5.28. The van der Waals surface area contributed by atoms with Gasteiger partial charge in [-0.05, 0) is 18.2 Å². The predicted molar refractivity (Wildman–Crippen MR) is 86.0 cm³/mol. The molecule has 0 aliphatic rings. The van der Waals surface area contributed by atoms with E-state index in [0.29, 0.717) is 12.3 Å². The van der Waals surface area contributed by atoms with Crippen molar-refractivity contribution in [1.29, 1.82) is 0 Å². The van der Waals surface area contributed by atoms with Crippen LogP contribution in [0.15, 0.2) is 28.9 Å². The number of hydrogen-bond acceptors (Lipinski definition) is 4. The fourth-order valence-corrected chi connectivity index (χ4v) is 2.20. The van der Waals surface area contributed by atoms with Gasteiger partial charge < -0.3 is 15.1 Å². The third-order valence-corrected chi connectivity index (χ3v) is 3.60. The minimum atomic E-state index is -0.328. The zero-order chi connectivity index (χ0) is 15.7. The molecule has 0 bridgehead atoms. The smallest absolute Gasteiger partial charge is 0.244 e. The Balaban J connectivity index is 2.13. The zero-order valence-corrected chi connectivity index (χ0v) is 13.5. The van der Waals surface area contributed by atoms with Crippen LogP contribution in [0.4, 0.5) is 0 Å². The molecule has 1 heterocycles. The molecule has 1 rings (SSSR count). The molecular formula is C15H22N2O3S. The highest BCUT2D eigenvalue weighted by atomic mass is 32.2. The fourth-order valence-electron chi connectivity index (χ4n) is 1.38. The van der Waals surface area contributed by atoms with Crippen molar-refractivity contribution in [1.82, 2.24) is 10.6 Å². The number of nitrogens with one attached hydrogen (secondary N) is 2. The molecule has 0 aliphatic carbocycles. The number of carbonyl (C=O) groups is 2. The first kappa shape index (κ1) is 17.4. The molecule has 2 N–H and O–H groups in total. The van der Waals surface area contributed by atoms with Crippen molar-refractivity contribution in [2.45, 2.75) is 25.5 Å². The summed E-state index contributed by atoms with van der Waals surface area (Å²) in [6.45, 7) is 6.96. The summed E-state index contributed by atoms with van der Waals surface area (Å²) in [4.78, 5) is 23.0. The van der Waals surface area contributed by atoms with Crippen molar-refractivity contribution < 1.29 is 14.0 Å². The normalized spacial score (nSPS) is 11.6. The third kappa shape index (κ3) is 8.96. The lowest BCUT2D eigenvalue weighted by atomic mass is 10.3. The van der Waals surface area contributed by atoms with E-state index in [-0.39, 0.29) is 23.1 Å². The van der Waals surface area contributed by atoms with Crippen LogP contribution in [0.5, 0.6) is 0 Å². The number of carbonyl (C=O) groups excluding carboxylic acids is 2. The van der Waals surface area contributed by atoms with Crippen molar-refractivity contribution >= 4 is 29.7 Å². The third-order valence-electron chi connectivity index (χ3n) is 2.32. The topological polar surface area (TPSA) is 71.3 Å². The lowest BCUT2D eigenvalue weighted by molar-refractivity contribution is -0.123. The minimum Gasteiger partial charge on any atom is -0.465 e. The number of hydrogen-bond donors (Lipinski definition) is 2. The molecule has 1 aromatic heterocycles. The molecule has 5 nitrogen and oxygen atoms in total. The Labute approximate surface area is 129 Å². The molecule has 0 unspecified atom stereocenters. The van der Waals surface area contributed by atoms with E-state index in [2.05, 4.69) is 31.4 Å². The van der Waals surface area contributed by atoms with Gasteiger partial charge in [0.05, 0.1) is 12.8 Å². The van der Waals surface area contributed by atoms with Crippen LogP contribution >= 0.6 is 11.8 Å². The van der Waals surface area contributed by atoms with Crippen molar-refractivity contribution in [3.8, 4) is 0 Å². The van der Waals surface area contributed by atoms with E-state index in [1.165, 1.54) is 12.3 Å². The maximum absolute atomic E-state index is 11.5. The van der Waals surface area contributed by atoms with E-state index in [4.69, 9.17) is 4.42 Å². The monoisotopic (exact) mass is 310 g/mol. The fraction of sp³-hybridized carbons (Fsp3) is 0.467. The van der Waals surface area contributed by atoms with Gasteiger partial charge in [0, 0.05) is 23.1 Å². The summed E-state index contributed by atoms with van der Waals surface area (Å²) in [6, 6.07) is 3.48. The molecule has 21 heavy (non-hydrogen) atoms. The van der Waals surface area contributed by atoms with Gasteiger partial charge in [0.25, 0.3) is 0 Å². The minimum absolute atomic E-state index is 0.0263. The Bertz CT molecular complexity index is 476. The second kappa shape index (κ2) is 8.56. The Morgan fingerprint density at radius 1 is 1.33 bits per heavy atom. The summed E-state index contributed by atoms with van der Waals surface area (Å²) in [5.41, 5.74) is 0. The van der Waals surface area contributed by atoms with Crippen LogP contribution in [0.1, 0.15) is 26.5 Å². The van der Waals surface area contributed by atoms with Gasteiger partial charge in [-0.3, -0.25) is 9.59 Å². The van der Waals surface area contributed by atoms with E-state index >= 15 is 0 Å². The predicted octanol–water partition coefficient (Wildman–Crippen LogP) is 2.06. The molecule has 0 atom stereocenters. The Morgan fingerprint density at radius 3 is 2.71 bits per heavy atom. The zero-order valence-electron chi connectivity index (χ0n) is 12.6. The second-order valence-electron chi connectivity index (χ2n) is 5.38. The van der Waals surface area contributed by atoms with E-state index in [1.54, 1.807) is 30.0 Å². The van der Waals surface area contributed by atoms with Crippen LogP contribution in [-0.4, -0.2) is 35.4 Å². The van der Waals surface area contributed by atoms with E-state index < -0.39 is 0 Å². The molecule has 2 amide bonds. The molecule has 0 spiro atoms. The second-order valence-corrected chi connectivity index (χ2v) is 7.30. The van der Waals surface area contributed by atoms with Crippen molar-refractivity contribution in [3.63, 3.8) is 0 Å². The molecule has 6 heteroatoms. The van der Waals surface area contributed by atoms with Gasteiger partial charge in [0.2, 0.25) is 11.8 Å². The molecule has 0 radical (unpaired) electrons. The first-order chi connectivity index (χ1) is 9.87. The first-order valence-corrected chi connectivity index (χ1v) is 7.75. The van der Waals surface area contributed by atoms with Crippen molar-refractivity contribution in [2.24, 2.45) is 0 Å². The molecule has 1 aromatic rings. The van der Waals surface area contributed by atoms with Crippen LogP contribution in [-0.2, 0) is 9.59 Å². The van der Waals surface area contributed by atoms with E-state index in [0.717, 1.165) is 5.75 Å². The molecule has 0 fully saturated rings. The maximum Gasteiger partial charge on any atom is 0.244 e. The first-order valence-electron chi connectivity index (χ1n) is 6.77. The van der Waals surface area contributed by atoms with Crippen LogP contribution in [0.3, 0.4) is 0 Å². The lowest BCUT2D eigenvalue weighted by Gasteiger charge is -2.17. The number of rotatable bonds is 7. The largest absolute Gasteiger partial charge is 0.465 e.